The highest BCUT2D eigenvalue weighted by Crippen LogP contribution is 2.17. The van der Waals surface area contributed by atoms with Crippen molar-refractivity contribution in [2.24, 2.45) is 0 Å². The van der Waals surface area contributed by atoms with Crippen LogP contribution in [0.4, 0.5) is 5.82 Å². The summed E-state index contributed by atoms with van der Waals surface area (Å²) >= 11 is 0. The summed E-state index contributed by atoms with van der Waals surface area (Å²) in [6.07, 6.45) is 3.08. The van der Waals surface area contributed by atoms with E-state index in [0.29, 0.717) is 31.1 Å². The molecule has 1 unspecified atom stereocenters. The summed E-state index contributed by atoms with van der Waals surface area (Å²) in [5.74, 6) is 1.20. The molecule has 0 saturated heterocycles. The number of anilines is 1. The molecule has 1 atom stereocenters. The number of nitrogens with zero attached hydrogens (tertiary/aromatic N) is 2. The van der Waals surface area contributed by atoms with Crippen LogP contribution in [0.25, 0.3) is 0 Å². The Labute approximate surface area is 115 Å². The molecule has 0 aromatic carbocycles. The van der Waals surface area contributed by atoms with Crippen LogP contribution in [0.5, 0.6) is 0 Å². The van der Waals surface area contributed by atoms with Crippen LogP contribution < -0.4 is 5.73 Å². The molecule has 19 heavy (non-hydrogen) atoms. The van der Waals surface area contributed by atoms with Crippen molar-refractivity contribution in [3.8, 4) is 0 Å². The van der Waals surface area contributed by atoms with Gasteiger partial charge in [0.05, 0.1) is 6.61 Å². The van der Waals surface area contributed by atoms with E-state index in [1.165, 1.54) is 0 Å². The van der Waals surface area contributed by atoms with Gasteiger partial charge in [0, 0.05) is 35.8 Å². The largest absolute Gasteiger partial charge is 0.461 e. The summed E-state index contributed by atoms with van der Waals surface area (Å²) in [7, 11) is -0.826. The predicted octanol–water partition coefficient (Wildman–Crippen LogP) is 0.973. The van der Waals surface area contributed by atoms with Crippen molar-refractivity contribution in [2.45, 2.75) is 33.2 Å². The Hall–Kier alpha value is -1.37. The van der Waals surface area contributed by atoms with Crippen LogP contribution in [0.2, 0.25) is 0 Å². The fourth-order valence-electron chi connectivity index (χ4n) is 1.81. The Bertz CT molecular complexity index is 471. The van der Waals surface area contributed by atoms with Gasteiger partial charge in [-0.1, -0.05) is 6.92 Å². The minimum atomic E-state index is -0.826. The van der Waals surface area contributed by atoms with Gasteiger partial charge in [0.1, 0.15) is 11.6 Å². The molecule has 0 radical (unpaired) electrons. The maximum Gasteiger partial charge on any atom is 0.360 e. The van der Waals surface area contributed by atoms with Gasteiger partial charge in [0.25, 0.3) is 0 Å². The van der Waals surface area contributed by atoms with E-state index in [1.54, 1.807) is 17.7 Å². The van der Waals surface area contributed by atoms with Crippen molar-refractivity contribution >= 4 is 22.6 Å². The first-order chi connectivity index (χ1) is 9.01. The van der Waals surface area contributed by atoms with E-state index in [9.17, 15) is 9.00 Å². The van der Waals surface area contributed by atoms with Crippen LogP contribution >= 0.6 is 0 Å². The number of carbonyl (C=O) groups excluding carboxylic acids is 1. The summed E-state index contributed by atoms with van der Waals surface area (Å²) in [5, 5.41) is 0. The van der Waals surface area contributed by atoms with E-state index >= 15 is 0 Å². The average molecular weight is 287 g/mol. The van der Waals surface area contributed by atoms with E-state index in [0.717, 1.165) is 12.2 Å². The smallest absolute Gasteiger partial charge is 0.360 e. The molecule has 0 aliphatic heterocycles. The lowest BCUT2D eigenvalue weighted by Crippen LogP contribution is -2.11. The van der Waals surface area contributed by atoms with Gasteiger partial charge in [-0.15, -0.1) is 0 Å². The molecular weight excluding hydrogens is 266 g/mol. The first kappa shape index (κ1) is 15.7. The van der Waals surface area contributed by atoms with Crippen LogP contribution in [0.3, 0.4) is 0 Å². The predicted molar refractivity (Wildman–Crippen MR) is 75.5 cm³/mol. The van der Waals surface area contributed by atoms with Gasteiger partial charge >= 0.3 is 5.97 Å². The summed E-state index contributed by atoms with van der Waals surface area (Å²) in [5.41, 5.74) is 6.13. The molecule has 0 fully saturated rings. The van der Waals surface area contributed by atoms with E-state index in [-0.39, 0.29) is 5.69 Å². The number of carbonyl (C=O) groups is 1. The van der Waals surface area contributed by atoms with E-state index < -0.39 is 16.8 Å². The zero-order valence-corrected chi connectivity index (χ0v) is 12.5. The SMILES string of the molecule is CCOC(=O)c1nc(CC)n(CCCS(C)=O)c1N. The van der Waals surface area contributed by atoms with Gasteiger partial charge in [-0.25, -0.2) is 9.78 Å². The normalized spacial score (nSPS) is 12.4. The molecule has 0 bridgehead atoms. The van der Waals surface area contributed by atoms with Crippen LogP contribution in [-0.2, 0) is 28.5 Å². The Morgan fingerprint density at radius 3 is 2.68 bits per heavy atom. The molecule has 7 heteroatoms. The van der Waals surface area contributed by atoms with Gasteiger partial charge in [-0.3, -0.25) is 4.21 Å². The number of nitrogens with two attached hydrogens (primary N) is 1. The van der Waals surface area contributed by atoms with Crippen LogP contribution in [-0.4, -0.2) is 38.3 Å². The van der Waals surface area contributed by atoms with Gasteiger partial charge in [-0.2, -0.15) is 0 Å². The van der Waals surface area contributed by atoms with Crippen molar-refractivity contribution in [1.29, 1.82) is 0 Å². The zero-order chi connectivity index (χ0) is 14.4. The molecule has 0 aliphatic carbocycles. The second-order valence-corrected chi connectivity index (χ2v) is 5.67. The van der Waals surface area contributed by atoms with Crippen molar-refractivity contribution in [1.82, 2.24) is 9.55 Å². The lowest BCUT2D eigenvalue weighted by molar-refractivity contribution is 0.0521. The number of rotatable bonds is 7. The Morgan fingerprint density at radius 2 is 2.16 bits per heavy atom. The van der Waals surface area contributed by atoms with Crippen LogP contribution in [0, 0.1) is 0 Å². The van der Waals surface area contributed by atoms with Crippen molar-refractivity contribution in [2.75, 3.05) is 24.3 Å². The maximum atomic E-state index is 11.7. The maximum absolute atomic E-state index is 11.7. The quantitative estimate of drug-likeness (QED) is 0.755. The molecule has 1 aromatic heterocycles. The molecule has 1 aromatic rings. The van der Waals surface area contributed by atoms with Crippen molar-refractivity contribution in [3.63, 3.8) is 0 Å². The number of nitrogen functional groups attached to an aromatic ring is 1. The van der Waals surface area contributed by atoms with Gasteiger partial charge < -0.3 is 15.0 Å². The molecule has 6 nitrogen and oxygen atoms in total. The third kappa shape index (κ3) is 4.05. The van der Waals surface area contributed by atoms with Crippen molar-refractivity contribution in [3.05, 3.63) is 11.5 Å². The molecule has 108 valence electrons. The molecule has 1 heterocycles. The van der Waals surface area contributed by atoms with Crippen LogP contribution in [0.15, 0.2) is 0 Å². The van der Waals surface area contributed by atoms with Gasteiger partial charge in [0.15, 0.2) is 5.69 Å². The standard InChI is InChI=1S/C12H21N3O3S/c1-4-9-14-10(12(16)18-5-2)11(13)15(9)7-6-8-19(3)17/h4-8,13H2,1-3H3. The zero-order valence-electron chi connectivity index (χ0n) is 11.6. The summed E-state index contributed by atoms with van der Waals surface area (Å²) in [4.78, 5) is 15.9. The number of aromatic nitrogens is 2. The first-order valence-electron chi connectivity index (χ1n) is 6.33. The summed E-state index contributed by atoms with van der Waals surface area (Å²) in [6, 6.07) is 0. The Balaban J connectivity index is 2.90. The fourth-order valence-corrected chi connectivity index (χ4v) is 2.34. The summed E-state index contributed by atoms with van der Waals surface area (Å²) in [6.45, 7) is 4.59. The van der Waals surface area contributed by atoms with E-state index in [2.05, 4.69) is 4.98 Å². The number of aryl methyl sites for hydroxylation is 1. The molecule has 0 aliphatic rings. The Morgan fingerprint density at radius 1 is 1.47 bits per heavy atom. The minimum absolute atomic E-state index is 0.177. The molecule has 1 rings (SSSR count). The van der Waals surface area contributed by atoms with Crippen molar-refractivity contribution < 1.29 is 13.7 Å². The average Bonchev–Trinajstić information content (AvgIpc) is 2.67. The highest BCUT2D eigenvalue weighted by molar-refractivity contribution is 7.84. The number of esters is 1. The number of hydrogen-bond donors (Lipinski definition) is 1. The topological polar surface area (TPSA) is 87.2 Å². The number of ether oxygens (including phenoxy) is 1. The molecule has 0 saturated carbocycles. The fraction of sp³-hybridized carbons (Fsp3) is 0.667. The minimum Gasteiger partial charge on any atom is -0.461 e. The van der Waals surface area contributed by atoms with Crippen LogP contribution in [0.1, 0.15) is 36.6 Å². The molecule has 2 N–H and O–H groups in total. The molecule has 0 spiro atoms. The monoisotopic (exact) mass is 287 g/mol. The lowest BCUT2D eigenvalue weighted by atomic mass is 10.4. The van der Waals surface area contributed by atoms with Gasteiger partial charge in [-0.05, 0) is 13.3 Å². The second-order valence-electron chi connectivity index (χ2n) is 4.12. The first-order valence-corrected chi connectivity index (χ1v) is 8.05. The van der Waals surface area contributed by atoms with E-state index in [4.69, 9.17) is 10.5 Å². The third-order valence-corrected chi connectivity index (χ3v) is 3.55. The lowest BCUT2D eigenvalue weighted by Gasteiger charge is -2.08. The van der Waals surface area contributed by atoms with Gasteiger partial charge in [0.2, 0.25) is 0 Å². The highest BCUT2D eigenvalue weighted by atomic mass is 32.2. The van der Waals surface area contributed by atoms with E-state index in [1.807, 2.05) is 6.92 Å². The number of hydrogen-bond acceptors (Lipinski definition) is 5. The second kappa shape index (κ2) is 7.28. The summed E-state index contributed by atoms with van der Waals surface area (Å²) < 4.78 is 17.8. The molecule has 0 amide bonds. The number of imidazole rings is 1. The third-order valence-electron chi connectivity index (χ3n) is 2.68. The Kier molecular flexibility index (Phi) is 6.01. The highest BCUT2D eigenvalue weighted by Gasteiger charge is 2.20. The molecular formula is C12H21N3O3S.